The highest BCUT2D eigenvalue weighted by Gasteiger charge is 2.20. The number of pyridine rings is 1. The lowest BCUT2D eigenvalue weighted by Gasteiger charge is -2.26. The zero-order valence-corrected chi connectivity index (χ0v) is 14.7. The van der Waals surface area contributed by atoms with E-state index in [1.54, 1.807) is 7.11 Å². The Balaban J connectivity index is 1.82. The van der Waals surface area contributed by atoms with Crippen LogP contribution < -0.4 is 9.64 Å². The van der Waals surface area contributed by atoms with Crippen LogP contribution in [-0.4, -0.2) is 53.2 Å². The predicted molar refractivity (Wildman–Crippen MR) is 96.1 cm³/mol. The fraction of sp³-hybridized carbons (Fsp3) is 0.389. The van der Waals surface area contributed by atoms with Crippen molar-refractivity contribution in [1.29, 1.82) is 0 Å². The van der Waals surface area contributed by atoms with Gasteiger partial charge in [-0.25, -0.2) is 9.67 Å². The summed E-state index contributed by atoms with van der Waals surface area (Å²) in [6.07, 6.45) is 0. The first-order valence-corrected chi connectivity index (χ1v) is 8.36. The molecule has 0 atom stereocenters. The Bertz CT molecular complexity index is 915. The van der Waals surface area contributed by atoms with Crippen LogP contribution in [0.4, 0.5) is 5.95 Å². The Kier molecular flexibility index (Phi) is 4.01. The summed E-state index contributed by atoms with van der Waals surface area (Å²) in [6, 6.07) is 7.98. The van der Waals surface area contributed by atoms with E-state index in [1.165, 1.54) is 0 Å². The van der Waals surface area contributed by atoms with E-state index in [1.807, 2.05) is 36.9 Å². The normalized spacial score (nSPS) is 14.9. The summed E-state index contributed by atoms with van der Waals surface area (Å²) in [6.45, 7) is 5.07. The average molecular weight is 339 g/mol. The topological polar surface area (TPSA) is 65.3 Å². The van der Waals surface area contributed by atoms with Crippen molar-refractivity contribution in [3.8, 4) is 17.1 Å². The number of aromatic nitrogens is 4. The molecule has 1 aliphatic heterocycles. The standard InChI is InChI=1S/C18H21N5O2/c1-12-4-5-13-14(6-7-15(24-3)16(13)19-12)17-20-18(22(2)21-17)23-8-10-25-11-9-23/h4-7H,8-11H2,1-3H3. The SMILES string of the molecule is COc1ccc(-c2nc(N3CCOCC3)n(C)n2)c2ccc(C)nc12. The number of anilines is 1. The maximum atomic E-state index is 5.47. The Morgan fingerprint density at radius 2 is 1.88 bits per heavy atom. The van der Waals surface area contributed by atoms with Crippen LogP contribution in [0.3, 0.4) is 0 Å². The summed E-state index contributed by atoms with van der Waals surface area (Å²) in [5.74, 6) is 2.32. The van der Waals surface area contributed by atoms with E-state index < -0.39 is 0 Å². The monoisotopic (exact) mass is 339 g/mol. The van der Waals surface area contributed by atoms with Crippen molar-refractivity contribution in [1.82, 2.24) is 19.7 Å². The van der Waals surface area contributed by atoms with Crippen molar-refractivity contribution in [3.05, 3.63) is 30.0 Å². The molecule has 4 rings (SSSR count). The van der Waals surface area contributed by atoms with E-state index in [2.05, 4.69) is 21.0 Å². The van der Waals surface area contributed by atoms with Crippen LogP contribution >= 0.6 is 0 Å². The molecule has 25 heavy (non-hydrogen) atoms. The van der Waals surface area contributed by atoms with Gasteiger partial charge in [-0.1, -0.05) is 6.07 Å². The van der Waals surface area contributed by atoms with Gasteiger partial charge in [0.2, 0.25) is 5.95 Å². The zero-order valence-electron chi connectivity index (χ0n) is 14.7. The Labute approximate surface area is 146 Å². The van der Waals surface area contributed by atoms with E-state index in [0.29, 0.717) is 5.82 Å². The predicted octanol–water partition coefficient (Wildman–Crippen LogP) is 2.18. The van der Waals surface area contributed by atoms with Crippen LogP contribution in [0.5, 0.6) is 5.75 Å². The maximum absolute atomic E-state index is 5.47. The van der Waals surface area contributed by atoms with Gasteiger partial charge in [-0.3, -0.25) is 0 Å². The van der Waals surface area contributed by atoms with Gasteiger partial charge in [0.05, 0.1) is 20.3 Å². The number of hydrogen-bond acceptors (Lipinski definition) is 6. The first-order valence-electron chi connectivity index (χ1n) is 8.36. The number of methoxy groups -OCH3 is 1. The molecule has 7 nitrogen and oxygen atoms in total. The molecular formula is C18H21N5O2. The summed E-state index contributed by atoms with van der Waals surface area (Å²) >= 11 is 0. The number of nitrogens with zero attached hydrogens (tertiary/aromatic N) is 5. The minimum Gasteiger partial charge on any atom is -0.494 e. The lowest BCUT2D eigenvalue weighted by atomic mass is 10.1. The van der Waals surface area contributed by atoms with Gasteiger partial charge in [0, 0.05) is 36.8 Å². The molecule has 7 heteroatoms. The molecule has 0 aliphatic carbocycles. The molecule has 1 fully saturated rings. The molecule has 3 aromatic rings. The van der Waals surface area contributed by atoms with Gasteiger partial charge < -0.3 is 14.4 Å². The minimum absolute atomic E-state index is 0.697. The number of ether oxygens (including phenoxy) is 2. The number of fused-ring (bicyclic) bond motifs is 1. The summed E-state index contributed by atoms with van der Waals surface area (Å²) in [7, 11) is 3.59. The Morgan fingerprint density at radius 3 is 2.64 bits per heavy atom. The highest BCUT2D eigenvalue weighted by Crippen LogP contribution is 2.33. The number of benzene rings is 1. The minimum atomic E-state index is 0.697. The Hall–Kier alpha value is -2.67. The van der Waals surface area contributed by atoms with E-state index in [-0.39, 0.29) is 0 Å². The van der Waals surface area contributed by atoms with Crippen LogP contribution in [-0.2, 0) is 11.8 Å². The van der Waals surface area contributed by atoms with Crippen LogP contribution in [0, 0.1) is 6.92 Å². The van der Waals surface area contributed by atoms with E-state index >= 15 is 0 Å². The third-order valence-electron chi connectivity index (χ3n) is 4.45. The molecule has 0 bridgehead atoms. The molecule has 0 unspecified atom stereocenters. The molecule has 0 radical (unpaired) electrons. The second-order valence-electron chi connectivity index (χ2n) is 6.12. The smallest absolute Gasteiger partial charge is 0.224 e. The molecule has 1 saturated heterocycles. The van der Waals surface area contributed by atoms with E-state index in [4.69, 9.17) is 14.5 Å². The third kappa shape index (κ3) is 2.80. The molecule has 3 heterocycles. The summed E-state index contributed by atoms with van der Waals surface area (Å²) in [5, 5.41) is 5.63. The molecule has 0 amide bonds. The molecule has 130 valence electrons. The number of hydrogen-bond donors (Lipinski definition) is 0. The second kappa shape index (κ2) is 6.33. The van der Waals surface area contributed by atoms with Crippen molar-refractivity contribution in [2.45, 2.75) is 6.92 Å². The highest BCUT2D eigenvalue weighted by atomic mass is 16.5. The molecule has 2 aromatic heterocycles. The van der Waals surface area contributed by atoms with Gasteiger partial charge in [-0.05, 0) is 25.1 Å². The maximum Gasteiger partial charge on any atom is 0.224 e. The van der Waals surface area contributed by atoms with Crippen LogP contribution in [0.25, 0.3) is 22.3 Å². The van der Waals surface area contributed by atoms with E-state index in [9.17, 15) is 0 Å². The fourth-order valence-electron chi connectivity index (χ4n) is 3.18. The highest BCUT2D eigenvalue weighted by molar-refractivity contribution is 5.96. The summed E-state index contributed by atoms with van der Waals surface area (Å²) in [4.78, 5) is 11.6. The third-order valence-corrected chi connectivity index (χ3v) is 4.45. The number of morpholine rings is 1. The largest absolute Gasteiger partial charge is 0.494 e. The summed E-state index contributed by atoms with van der Waals surface area (Å²) < 4.78 is 12.7. The van der Waals surface area contributed by atoms with Gasteiger partial charge in [-0.2, -0.15) is 4.98 Å². The fourth-order valence-corrected chi connectivity index (χ4v) is 3.18. The second-order valence-corrected chi connectivity index (χ2v) is 6.12. The van der Waals surface area contributed by atoms with Crippen molar-refractivity contribution in [2.24, 2.45) is 7.05 Å². The Morgan fingerprint density at radius 1 is 1.08 bits per heavy atom. The van der Waals surface area contributed by atoms with Gasteiger partial charge in [0.25, 0.3) is 0 Å². The van der Waals surface area contributed by atoms with Crippen molar-refractivity contribution < 1.29 is 9.47 Å². The molecule has 0 saturated carbocycles. The van der Waals surface area contributed by atoms with Crippen molar-refractivity contribution >= 4 is 16.9 Å². The van der Waals surface area contributed by atoms with Crippen LogP contribution in [0.1, 0.15) is 5.69 Å². The van der Waals surface area contributed by atoms with Crippen molar-refractivity contribution in [2.75, 3.05) is 38.3 Å². The number of aryl methyl sites for hydroxylation is 2. The van der Waals surface area contributed by atoms with Crippen LogP contribution in [0.2, 0.25) is 0 Å². The first-order chi connectivity index (χ1) is 12.2. The zero-order chi connectivity index (χ0) is 17.4. The van der Waals surface area contributed by atoms with Gasteiger partial charge in [0.15, 0.2) is 5.82 Å². The van der Waals surface area contributed by atoms with E-state index in [0.717, 1.165) is 60.2 Å². The lowest BCUT2D eigenvalue weighted by molar-refractivity contribution is 0.121. The van der Waals surface area contributed by atoms with Crippen LogP contribution in [0.15, 0.2) is 24.3 Å². The lowest BCUT2D eigenvalue weighted by Crippen LogP contribution is -2.37. The molecule has 0 N–H and O–H groups in total. The summed E-state index contributed by atoms with van der Waals surface area (Å²) in [5.41, 5.74) is 2.74. The number of rotatable bonds is 3. The quantitative estimate of drug-likeness (QED) is 0.729. The molecule has 1 aromatic carbocycles. The average Bonchev–Trinajstić information content (AvgIpc) is 3.03. The first kappa shape index (κ1) is 15.8. The molecule has 0 spiro atoms. The van der Waals surface area contributed by atoms with Gasteiger partial charge in [-0.15, -0.1) is 5.10 Å². The van der Waals surface area contributed by atoms with Crippen molar-refractivity contribution in [3.63, 3.8) is 0 Å². The van der Waals surface area contributed by atoms with Gasteiger partial charge >= 0.3 is 0 Å². The van der Waals surface area contributed by atoms with Gasteiger partial charge in [0.1, 0.15) is 11.3 Å². The molecule has 1 aliphatic rings. The molecular weight excluding hydrogens is 318 g/mol.